The first-order valence-electron chi connectivity index (χ1n) is 4.81. The van der Waals surface area contributed by atoms with Crippen molar-refractivity contribution in [2.24, 2.45) is 0 Å². The highest BCUT2D eigenvalue weighted by Crippen LogP contribution is 2.11. The smallest absolute Gasteiger partial charge is 0.118 e. The molecule has 3 nitrogen and oxygen atoms in total. The normalized spacial score (nSPS) is 12.6. The molecule has 82 valence electrons. The maximum atomic E-state index is 9.10. The van der Waals surface area contributed by atoms with Gasteiger partial charge in [0.2, 0.25) is 0 Å². The van der Waals surface area contributed by atoms with Gasteiger partial charge in [0.05, 0.1) is 11.5 Å². The fourth-order valence-corrected chi connectivity index (χ4v) is 1.13. The van der Waals surface area contributed by atoms with Gasteiger partial charge in [0.1, 0.15) is 6.10 Å². The second-order valence-electron chi connectivity index (χ2n) is 3.66. The van der Waals surface area contributed by atoms with Crippen LogP contribution in [0, 0.1) is 0 Å². The lowest BCUT2D eigenvalue weighted by molar-refractivity contribution is 0.0785. The van der Waals surface area contributed by atoms with Crippen LogP contribution >= 0.6 is 0 Å². The van der Waals surface area contributed by atoms with Crippen molar-refractivity contribution in [3.05, 3.63) is 24.7 Å². The van der Waals surface area contributed by atoms with E-state index in [4.69, 9.17) is 9.84 Å². The molecule has 0 saturated carbocycles. The van der Waals surface area contributed by atoms with E-state index in [1.807, 2.05) is 25.9 Å². The molecular formula is C11H21NO2. The molecule has 0 aromatic rings. The SMILES string of the molecule is C=C(O)CC(CN(C)C)OC(=C)CC. The molecule has 14 heavy (non-hydrogen) atoms. The molecule has 1 atom stereocenters. The summed E-state index contributed by atoms with van der Waals surface area (Å²) in [6.45, 7) is 9.98. The molecule has 0 aliphatic carbocycles. The maximum absolute atomic E-state index is 9.10. The Hall–Kier alpha value is -0.960. The number of allylic oxidation sites excluding steroid dienone is 1. The van der Waals surface area contributed by atoms with Gasteiger partial charge in [0, 0.05) is 19.4 Å². The van der Waals surface area contributed by atoms with Crippen molar-refractivity contribution in [1.82, 2.24) is 4.90 Å². The Balaban J connectivity index is 4.09. The van der Waals surface area contributed by atoms with Crippen LogP contribution in [0.1, 0.15) is 19.8 Å². The number of nitrogens with zero attached hydrogens (tertiary/aromatic N) is 1. The molecule has 0 heterocycles. The Bertz CT molecular complexity index is 199. The molecule has 0 bridgehead atoms. The molecule has 0 aliphatic rings. The number of rotatable bonds is 7. The molecule has 0 aromatic heterocycles. The van der Waals surface area contributed by atoms with Crippen molar-refractivity contribution in [1.29, 1.82) is 0 Å². The first-order chi connectivity index (χ1) is 6.45. The van der Waals surface area contributed by atoms with E-state index in [1.54, 1.807) is 0 Å². The Morgan fingerprint density at radius 1 is 1.43 bits per heavy atom. The Morgan fingerprint density at radius 3 is 2.36 bits per heavy atom. The van der Waals surface area contributed by atoms with Crippen molar-refractivity contribution < 1.29 is 9.84 Å². The summed E-state index contributed by atoms with van der Waals surface area (Å²) in [6, 6.07) is 0. The van der Waals surface area contributed by atoms with Crippen LogP contribution in [0.25, 0.3) is 0 Å². The highest BCUT2D eigenvalue weighted by Gasteiger charge is 2.13. The summed E-state index contributed by atoms with van der Waals surface area (Å²) in [7, 11) is 3.93. The average molecular weight is 199 g/mol. The maximum Gasteiger partial charge on any atom is 0.118 e. The summed E-state index contributed by atoms with van der Waals surface area (Å²) in [4.78, 5) is 2.01. The van der Waals surface area contributed by atoms with Crippen LogP contribution in [0.2, 0.25) is 0 Å². The van der Waals surface area contributed by atoms with Gasteiger partial charge in [-0.15, -0.1) is 0 Å². The number of aliphatic hydroxyl groups excluding tert-OH is 1. The predicted molar refractivity (Wildman–Crippen MR) is 59.2 cm³/mol. The monoisotopic (exact) mass is 199 g/mol. The van der Waals surface area contributed by atoms with Crippen LogP contribution in [-0.2, 0) is 4.74 Å². The van der Waals surface area contributed by atoms with Crippen molar-refractivity contribution in [2.45, 2.75) is 25.9 Å². The highest BCUT2D eigenvalue weighted by atomic mass is 16.5. The lowest BCUT2D eigenvalue weighted by atomic mass is 10.2. The van der Waals surface area contributed by atoms with Gasteiger partial charge >= 0.3 is 0 Å². The Morgan fingerprint density at radius 2 is 2.00 bits per heavy atom. The van der Waals surface area contributed by atoms with Gasteiger partial charge in [-0.3, -0.25) is 0 Å². The number of likely N-dealkylation sites (N-methyl/N-ethyl adjacent to an activating group) is 1. The fourth-order valence-electron chi connectivity index (χ4n) is 1.13. The third-order valence-corrected chi connectivity index (χ3v) is 1.76. The Labute approximate surface area is 86.7 Å². The summed E-state index contributed by atoms with van der Waals surface area (Å²) in [6.07, 6.45) is 1.19. The van der Waals surface area contributed by atoms with E-state index in [-0.39, 0.29) is 11.9 Å². The third-order valence-electron chi connectivity index (χ3n) is 1.76. The second-order valence-corrected chi connectivity index (χ2v) is 3.66. The molecule has 0 aromatic carbocycles. The molecule has 0 fully saturated rings. The largest absolute Gasteiger partial charge is 0.513 e. The van der Waals surface area contributed by atoms with Gasteiger partial charge < -0.3 is 14.7 Å². The minimum Gasteiger partial charge on any atom is -0.513 e. The zero-order chi connectivity index (χ0) is 11.1. The number of aliphatic hydroxyl groups is 1. The molecule has 1 N–H and O–H groups in total. The molecule has 0 aliphatic heterocycles. The van der Waals surface area contributed by atoms with E-state index in [0.717, 1.165) is 18.7 Å². The van der Waals surface area contributed by atoms with Gasteiger partial charge in [0.25, 0.3) is 0 Å². The summed E-state index contributed by atoms with van der Waals surface area (Å²) in [5.74, 6) is 0.902. The average Bonchev–Trinajstić information content (AvgIpc) is 2.01. The fraction of sp³-hybridized carbons (Fsp3) is 0.636. The van der Waals surface area contributed by atoms with Crippen LogP contribution < -0.4 is 0 Å². The summed E-state index contributed by atoms with van der Waals surface area (Å²) in [5, 5.41) is 9.10. The lowest BCUT2D eigenvalue weighted by Gasteiger charge is -2.22. The minimum atomic E-state index is -0.0602. The van der Waals surface area contributed by atoms with E-state index in [9.17, 15) is 0 Å². The molecule has 0 saturated heterocycles. The van der Waals surface area contributed by atoms with E-state index < -0.39 is 0 Å². The van der Waals surface area contributed by atoms with Crippen LogP contribution in [-0.4, -0.2) is 36.8 Å². The van der Waals surface area contributed by atoms with Gasteiger partial charge in [-0.05, 0) is 14.1 Å². The third kappa shape index (κ3) is 6.54. The van der Waals surface area contributed by atoms with Gasteiger partial charge in [-0.2, -0.15) is 0 Å². The molecule has 0 radical (unpaired) electrons. The van der Waals surface area contributed by atoms with Crippen molar-refractivity contribution in [3.63, 3.8) is 0 Å². The zero-order valence-electron chi connectivity index (χ0n) is 9.42. The summed E-state index contributed by atoms with van der Waals surface area (Å²) < 4.78 is 5.56. The van der Waals surface area contributed by atoms with E-state index in [1.165, 1.54) is 0 Å². The standard InChI is InChI=1S/C11H21NO2/c1-6-10(3)14-11(7-9(2)13)8-12(4)5/h11,13H,2-3,6-8H2,1,4-5H3. The van der Waals surface area contributed by atoms with E-state index >= 15 is 0 Å². The molecule has 0 rings (SSSR count). The number of ether oxygens (including phenoxy) is 1. The van der Waals surface area contributed by atoms with Crippen LogP contribution in [0.4, 0.5) is 0 Å². The first kappa shape index (κ1) is 13.0. The number of hydrogen-bond donors (Lipinski definition) is 1. The van der Waals surface area contributed by atoms with Gasteiger partial charge in [0.15, 0.2) is 0 Å². The zero-order valence-corrected chi connectivity index (χ0v) is 9.42. The summed E-state index contributed by atoms with van der Waals surface area (Å²) in [5.41, 5.74) is 0. The number of hydrogen-bond acceptors (Lipinski definition) is 3. The first-order valence-corrected chi connectivity index (χ1v) is 4.81. The quantitative estimate of drug-likeness (QED) is 0.639. The molecule has 0 amide bonds. The van der Waals surface area contributed by atoms with Crippen molar-refractivity contribution in [3.8, 4) is 0 Å². The van der Waals surface area contributed by atoms with Crippen molar-refractivity contribution >= 4 is 0 Å². The molecular weight excluding hydrogens is 178 g/mol. The topological polar surface area (TPSA) is 32.7 Å². The highest BCUT2D eigenvalue weighted by molar-refractivity contribution is 4.88. The lowest BCUT2D eigenvalue weighted by Crippen LogP contribution is -2.28. The molecule has 1 unspecified atom stereocenters. The Kier molecular flexibility index (Phi) is 6.04. The van der Waals surface area contributed by atoms with Gasteiger partial charge in [-0.1, -0.05) is 20.1 Å². The summed E-state index contributed by atoms with van der Waals surface area (Å²) >= 11 is 0. The van der Waals surface area contributed by atoms with Crippen LogP contribution in [0.15, 0.2) is 24.7 Å². The van der Waals surface area contributed by atoms with Gasteiger partial charge in [-0.25, -0.2) is 0 Å². The van der Waals surface area contributed by atoms with Crippen LogP contribution in [0.3, 0.4) is 0 Å². The minimum absolute atomic E-state index is 0.0602. The van der Waals surface area contributed by atoms with Crippen molar-refractivity contribution in [2.75, 3.05) is 20.6 Å². The second kappa shape index (κ2) is 6.49. The van der Waals surface area contributed by atoms with E-state index in [0.29, 0.717) is 6.42 Å². The molecule has 3 heteroatoms. The molecule has 0 spiro atoms. The van der Waals surface area contributed by atoms with E-state index in [2.05, 4.69) is 13.2 Å². The van der Waals surface area contributed by atoms with Crippen LogP contribution in [0.5, 0.6) is 0 Å². The predicted octanol–water partition coefficient (Wildman–Crippen LogP) is 2.32.